The van der Waals surface area contributed by atoms with Gasteiger partial charge in [0.1, 0.15) is 5.75 Å². The van der Waals surface area contributed by atoms with Gasteiger partial charge in [0.05, 0.1) is 13.2 Å². The molecule has 2 amide bonds. The summed E-state index contributed by atoms with van der Waals surface area (Å²) in [4.78, 5) is 23.6. The summed E-state index contributed by atoms with van der Waals surface area (Å²) >= 11 is 0. The normalized spacial score (nSPS) is 10.3. The molecule has 0 saturated carbocycles. The number of nitrogens with zero attached hydrogens (tertiary/aromatic N) is 1. The molecule has 0 aliphatic rings. The maximum absolute atomic E-state index is 11.9. The number of rotatable bonds is 12. The number of amides is 2. The van der Waals surface area contributed by atoms with Crippen LogP contribution in [0.3, 0.4) is 0 Å². The molecule has 25 heavy (non-hydrogen) atoms. The number of unbranched alkanes of at least 4 members (excludes halogenated alkanes) is 1. The maximum Gasteiger partial charge on any atom is 0.404 e. The highest BCUT2D eigenvalue weighted by molar-refractivity contribution is 5.77. The van der Waals surface area contributed by atoms with Gasteiger partial charge >= 0.3 is 6.09 Å². The van der Waals surface area contributed by atoms with Gasteiger partial charge in [-0.05, 0) is 37.0 Å². The van der Waals surface area contributed by atoms with Crippen molar-refractivity contribution >= 4 is 12.0 Å². The first-order valence-electron chi connectivity index (χ1n) is 8.25. The van der Waals surface area contributed by atoms with Gasteiger partial charge in [0, 0.05) is 19.6 Å². The lowest BCUT2D eigenvalue weighted by Crippen LogP contribution is -2.38. The van der Waals surface area contributed by atoms with Gasteiger partial charge in [-0.2, -0.15) is 0 Å². The quantitative estimate of drug-likeness (QED) is 0.405. The molecule has 1 rings (SSSR count). The van der Waals surface area contributed by atoms with E-state index in [1.807, 2.05) is 12.1 Å². The van der Waals surface area contributed by atoms with Crippen LogP contribution in [0.15, 0.2) is 24.3 Å². The average molecular weight is 354 g/mol. The molecule has 1 aromatic carbocycles. The third-order valence-corrected chi connectivity index (χ3v) is 3.55. The molecule has 4 N–H and O–H groups in total. The lowest BCUT2D eigenvalue weighted by molar-refractivity contribution is -0.134. The third-order valence-electron chi connectivity index (χ3n) is 3.55. The molecule has 8 nitrogen and oxygen atoms in total. The van der Waals surface area contributed by atoms with Crippen molar-refractivity contribution in [1.29, 1.82) is 0 Å². The SMILES string of the molecule is O=C(O)NCCCCc1ccc(OCC(=O)N(CCO)CCO)cc1. The molecule has 140 valence electrons. The Morgan fingerprint density at radius 1 is 1.04 bits per heavy atom. The highest BCUT2D eigenvalue weighted by atomic mass is 16.5. The van der Waals surface area contributed by atoms with E-state index >= 15 is 0 Å². The van der Waals surface area contributed by atoms with Crippen molar-refractivity contribution in [2.24, 2.45) is 0 Å². The second kappa shape index (κ2) is 12.1. The zero-order valence-electron chi connectivity index (χ0n) is 14.2. The first-order valence-corrected chi connectivity index (χ1v) is 8.25. The molecule has 0 saturated heterocycles. The Morgan fingerprint density at radius 2 is 1.68 bits per heavy atom. The number of carboxylic acid groups (broad SMARTS) is 1. The third kappa shape index (κ3) is 8.92. The summed E-state index contributed by atoms with van der Waals surface area (Å²) < 4.78 is 5.44. The fraction of sp³-hybridized carbons (Fsp3) is 0.529. The van der Waals surface area contributed by atoms with Crippen molar-refractivity contribution in [3.63, 3.8) is 0 Å². The highest BCUT2D eigenvalue weighted by Crippen LogP contribution is 2.14. The second-order valence-electron chi connectivity index (χ2n) is 5.45. The Labute approximate surface area is 147 Å². The Bertz CT molecular complexity index is 514. The van der Waals surface area contributed by atoms with Crippen molar-refractivity contribution in [3.05, 3.63) is 29.8 Å². The molecule has 0 spiro atoms. The van der Waals surface area contributed by atoms with Crippen LogP contribution in [0.4, 0.5) is 4.79 Å². The molecule has 1 aromatic rings. The number of hydrogen-bond acceptors (Lipinski definition) is 5. The number of ether oxygens (including phenoxy) is 1. The van der Waals surface area contributed by atoms with Gasteiger partial charge in [0.2, 0.25) is 0 Å². The lowest BCUT2D eigenvalue weighted by Gasteiger charge is -2.20. The van der Waals surface area contributed by atoms with E-state index < -0.39 is 6.09 Å². The summed E-state index contributed by atoms with van der Waals surface area (Å²) in [6.45, 7) is 0.290. The van der Waals surface area contributed by atoms with Crippen LogP contribution < -0.4 is 10.1 Å². The van der Waals surface area contributed by atoms with Crippen LogP contribution in [0.25, 0.3) is 0 Å². The first-order chi connectivity index (χ1) is 12.1. The number of benzene rings is 1. The van der Waals surface area contributed by atoms with E-state index in [9.17, 15) is 9.59 Å². The minimum atomic E-state index is -1.01. The molecule has 0 unspecified atom stereocenters. The predicted octanol–water partition coefficient (Wildman–Crippen LogP) is 0.469. The molecular weight excluding hydrogens is 328 g/mol. The van der Waals surface area contributed by atoms with E-state index in [4.69, 9.17) is 20.1 Å². The number of nitrogens with one attached hydrogen (secondary N) is 1. The van der Waals surface area contributed by atoms with Crippen LogP contribution in [0.2, 0.25) is 0 Å². The van der Waals surface area contributed by atoms with E-state index in [-0.39, 0.29) is 38.8 Å². The number of aliphatic hydroxyl groups excluding tert-OH is 2. The standard InChI is InChI=1S/C17H26N2O6/c20-11-9-19(10-12-21)16(22)13-25-15-6-4-14(5-7-15)3-1-2-8-18-17(23)24/h4-7,18,20-21H,1-3,8-13H2,(H,23,24). The van der Waals surface area contributed by atoms with E-state index in [1.165, 1.54) is 4.90 Å². The summed E-state index contributed by atoms with van der Waals surface area (Å²) in [5.41, 5.74) is 1.11. The Hall–Kier alpha value is -2.32. The second-order valence-corrected chi connectivity index (χ2v) is 5.45. The largest absolute Gasteiger partial charge is 0.484 e. The summed E-state index contributed by atoms with van der Waals surface area (Å²) in [7, 11) is 0. The minimum absolute atomic E-state index is 0.153. The summed E-state index contributed by atoms with van der Waals surface area (Å²) in [5, 5.41) is 28.6. The van der Waals surface area contributed by atoms with Crippen LogP contribution >= 0.6 is 0 Å². The topological polar surface area (TPSA) is 119 Å². The number of aliphatic hydroxyl groups is 2. The molecule has 0 bridgehead atoms. The number of hydrogen-bond donors (Lipinski definition) is 4. The van der Waals surface area contributed by atoms with Gasteiger partial charge in [-0.25, -0.2) is 4.79 Å². The predicted molar refractivity (Wildman–Crippen MR) is 91.7 cm³/mol. The van der Waals surface area contributed by atoms with Crippen molar-refractivity contribution in [2.45, 2.75) is 19.3 Å². The zero-order valence-corrected chi connectivity index (χ0v) is 14.2. The van der Waals surface area contributed by atoms with Crippen LogP contribution in [-0.4, -0.2) is 71.7 Å². The lowest BCUT2D eigenvalue weighted by atomic mass is 10.1. The molecule has 8 heteroatoms. The van der Waals surface area contributed by atoms with Gasteiger partial charge in [-0.15, -0.1) is 0 Å². The number of aryl methyl sites for hydroxylation is 1. The van der Waals surface area contributed by atoms with Gasteiger partial charge < -0.3 is 30.3 Å². The van der Waals surface area contributed by atoms with Crippen molar-refractivity contribution in [2.75, 3.05) is 39.5 Å². The molecule has 0 atom stereocenters. The molecule has 0 aliphatic carbocycles. The average Bonchev–Trinajstić information content (AvgIpc) is 2.60. The summed E-state index contributed by atoms with van der Waals surface area (Å²) in [6.07, 6.45) is 1.47. The van der Waals surface area contributed by atoms with Gasteiger partial charge in [-0.1, -0.05) is 12.1 Å². The maximum atomic E-state index is 11.9. The fourth-order valence-electron chi connectivity index (χ4n) is 2.24. The first kappa shape index (κ1) is 20.7. The van der Waals surface area contributed by atoms with Crippen LogP contribution in [0.5, 0.6) is 5.75 Å². The van der Waals surface area contributed by atoms with Crippen molar-refractivity contribution < 1.29 is 29.6 Å². The van der Waals surface area contributed by atoms with Crippen molar-refractivity contribution in [3.8, 4) is 5.75 Å². The summed E-state index contributed by atoms with van der Waals surface area (Å²) in [6, 6.07) is 7.37. The Morgan fingerprint density at radius 3 is 2.24 bits per heavy atom. The summed E-state index contributed by atoms with van der Waals surface area (Å²) in [5.74, 6) is 0.274. The molecular formula is C17H26N2O6. The Kier molecular flexibility index (Phi) is 10.0. The zero-order chi connectivity index (χ0) is 18.5. The van der Waals surface area contributed by atoms with Crippen LogP contribution in [0.1, 0.15) is 18.4 Å². The molecule has 0 aliphatic heterocycles. The van der Waals surface area contributed by atoms with Gasteiger partial charge in [0.25, 0.3) is 5.91 Å². The molecule has 0 heterocycles. The highest BCUT2D eigenvalue weighted by Gasteiger charge is 2.13. The van der Waals surface area contributed by atoms with Crippen LogP contribution in [0, 0.1) is 0 Å². The van der Waals surface area contributed by atoms with E-state index in [1.54, 1.807) is 12.1 Å². The number of carbonyl (C=O) groups is 2. The molecule has 0 radical (unpaired) electrons. The van der Waals surface area contributed by atoms with E-state index in [2.05, 4.69) is 5.32 Å². The monoisotopic (exact) mass is 354 g/mol. The smallest absolute Gasteiger partial charge is 0.404 e. The van der Waals surface area contributed by atoms with Gasteiger partial charge in [-0.3, -0.25) is 4.79 Å². The number of carbonyl (C=O) groups excluding carboxylic acids is 1. The van der Waals surface area contributed by atoms with E-state index in [0.717, 1.165) is 24.8 Å². The van der Waals surface area contributed by atoms with E-state index in [0.29, 0.717) is 12.3 Å². The minimum Gasteiger partial charge on any atom is -0.484 e. The fourth-order valence-corrected chi connectivity index (χ4v) is 2.24. The molecule has 0 aromatic heterocycles. The molecule has 0 fully saturated rings. The van der Waals surface area contributed by atoms with Crippen molar-refractivity contribution in [1.82, 2.24) is 10.2 Å². The van der Waals surface area contributed by atoms with Crippen LogP contribution in [-0.2, 0) is 11.2 Å². The Balaban J connectivity index is 2.33. The van der Waals surface area contributed by atoms with Gasteiger partial charge in [0.15, 0.2) is 6.61 Å².